The molecule has 0 spiro atoms. The zero-order chi connectivity index (χ0) is 33.4. The van der Waals surface area contributed by atoms with Crippen molar-refractivity contribution < 1.29 is 37.3 Å². The number of benzene rings is 2. The van der Waals surface area contributed by atoms with E-state index >= 15 is 0 Å². The molecule has 10 nitrogen and oxygen atoms in total. The molecule has 2 aliphatic heterocycles. The normalized spacial score (nSPS) is 18.8. The largest absolute Gasteiger partial charge is 0.493 e. The predicted molar refractivity (Wildman–Crippen MR) is 166 cm³/mol. The third-order valence-corrected chi connectivity index (χ3v) is 8.37. The van der Waals surface area contributed by atoms with Crippen molar-refractivity contribution in [1.29, 1.82) is 0 Å². The average Bonchev–Trinajstić information content (AvgIpc) is 3.39. The number of para-hydroxylation sites is 1. The van der Waals surface area contributed by atoms with E-state index in [-0.39, 0.29) is 42.1 Å². The van der Waals surface area contributed by atoms with Gasteiger partial charge in [-0.15, -0.1) is 10.2 Å². The Morgan fingerprint density at radius 1 is 1.02 bits per heavy atom. The molecular formula is C32H36Cl2F2N4O6. The number of esters is 1. The fourth-order valence-electron chi connectivity index (χ4n) is 5.96. The van der Waals surface area contributed by atoms with Crippen LogP contribution in [0.15, 0.2) is 36.4 Å². The van der Waals surface area contributed by atoms with Crippen molar-refractivity contribution in [2.24, 2.45) is 5.92 Å². The Bertz CT molecular complexity index is 1600. The van der Waals surface area contributed by atoms with Crippen LogP contribution in [0.3, 0.4) is 0 Å². The Hall–Kier alpha value is -3.48. The summed E-state index contributed by atoms with van der Waals surface area (Å²) in [6.45, 7) is 6.30. The minimum atomic E-state index is -3.89. The van der Waals surface area contributed by atoms with E-state index in [0.717, 1.165) is 4.57 Å². The average molecular weight is 682 g/mol. The number of fused-ring (bicyclic) bond motifs is 3. The highest BCUT2D eigenvalue weighted by Gasteiger charge is 2.43. The molecule has 1 amide bonds. The maximum Gasteiger partial charge on any atom is 0.382 e. The number of carbonyl (C=O) groups excluding carboxylic acids is 2. The molecular weight excluding hydrogens is 645 g/mol. The maximum atomic E-state index is 14.7. The number of nitrogens with zero attached hydrogens (tertiary/aromatic N) is 4. The summed E-state index contributed by atoms with van der Waals surface area (Å²) in [6, 6.07) is 9.92. The minimum Gasteiger partial charge on any atom is -0.493 e. The summed E-state index contributed by atoms with van der Waals surface area (Å²) in [7, 11) is 2.97. The number of aromatic nitrogens is 3. The summed E-state index contributed by atoms with van der Waals surface area (Å²) in [5.41, 5.74) is 0.606. The van der Waals surface area contributed by atoms with Gasteiger partial charge in [-0.2, -0.15) is 8.78 Å². The molecule has 0 saturated carbocycles. The van der Waals surface area contributed by atoms with E-state index in [0.29, 0.717) is 53.6 Å². The van der Waals surface area contributed by atoms with Crippen LogP contribution in [-0.2, 0) is 24.4 Å². The molecule has 46 heavy (non-hydrogen) atoms. The smallest absolute Gasteiger partial charge is 0.382 e. The van der Waals surface area contributed by atoms with Crippen LogP contribution in [0, 0.1) is 5.92 Å². The Labute approximate surface area is 275 Å². The predicted octanol–water partition coefficient (Wildman–Crippen LogP) is 6.75. The monoisotopic (exact) mass is 680 g/mol. The number of piperidine rings is 1. The van der Waals surface area contributed by atoms with Crippen molar-refractivity contribution in [2.75, 3.05) is 27.3 Å². The molecule has 1 aromatic heterocycles. The van der Waals surface area contributed by atoms with Crippen LogP contribution in [0.1, 0.15) is 81.4 Å². The number of hydrogen-bond donors (Lipinski definition) is 0. The van der Waals surface area contributed by atoms with Gasteiger partial charge in [-0.1, -0.05) is 23.7 Å². The quantitative estimate of drug-likeness (QED) is 0.190. The second-order valence-electron chi connectivity index (χ2n) is 12.3. The van der Waals surface area contributed by atoms with Gasteiger partial charge in [-0.25, -0.2) is 0 Å². The van der Waals surface area contributed by atoms with Gasteiger partial charge in [-0.3, -0.25) is 14.2 Å². The van der Waals surface area contributed by atoms with Crippen LogP contribution in [0.4, 0.5) is 8.78 Å². The SMILES string of the molecule is COc1cccc([C@H]2O[C@H](CC(=O)N3CCC(CC(=O)OC(C)(C)C)CC3)c3nnc(C(F)(F)Cl)n3-c3ccc(Cl)cc32)c1OC. The summed E-state index contributed by atoms with van der Waals surface area (Å²) in [6.07, 6.45) is -0.804. The molecule has 1 saturated heterocycles. The van der Waals surface area contributed by atoms with Gasteiger partial charge in [-0.05, 0) is 75.4 Å². The van der Waals surface area contributed by atoms with Crippen molar-refractivity contribution in [2.45, 2.75) is 69.6 Å². The highest BCUT2D eigenvalue weighted by molar-refractivity contribution is 6.30. The Kier molecular flexibility index (Phi) is 9.81. The van der Waals surface area contributed by atoms with E-state index in [1.54, 1.807) is 41.3 Å². The standard InChI is InChI=1S/C32H36Cl2F2N4O6/c1-31(2,3)46-26(42)15-18-11-13-39(14-12-18)25(41)17-24-29-37-38-30(32(34,35)36)40(29)22-10-9-19(33)16-21(22)27(45-24)20-7-6-8-23(43-4)28(20)44-5/h6-10,16,18,24,27H,11-15,17H2,1-5H3/t24-,27-/m1/s1. The number of methoxy groups -OCH3 is 2. The second kappa shape index (κ2) is 13.3. The van der Waals surface area contributed by atoms with Crippen LogP contribution >= 0.6 is 23.2 Å². The lowest BCUT2D eigenvalue weighted by Gasteiger charge is -2.33. The highest BCUT2D eigenvalue weighted by Crippen LogP contribution is 2.47. The van der Waals surface area contributed by atoms with Crippen molar-refractivity contribution in [3.63, 3.8) is 0 Å². The van der Waals surface area contributed by atoms with Gasteiger partial charge in [0.15, 0.2) is 17.3 Å². The fourth-order valence-corrected chi connectivity index (χ4v) is 6.26. The van der Waals surface area contributed by atoms with Gasteiger partial charge in [0.05, 0.1) is 26.3 Å². The molecule has 3 heterocycles. The first-order valence-corrected chi connectivity index (χ1v) is 15.6. The molecule has 0 N–H and O–H groups in total. The van der Waals surface area contributed by atoms with E-state index in [4.69, 9.17) is 42.1 Å². The number of amides is 1. The van der Waals surface area contributed by atoms with E-state index in [2.05, 4.69) is 10.2 Å². The van der Waals surface area contributed by atoms with Crippen molar-refractivity contribution in [1.82, 2.24) is 19.7 Å². The van der Waals surface area contributed by atoms with Crippen LogP contribution < -0.4 is 9.47 Å². The Morgan fingerprint density at radius 3 is 2.37 bits per heavy atom. The molecule has 0 radical (unpaired) electrons. The third kappa shape index (κ3) is 7.24. The van der Waals surface area contributed by atoms with Gasteiger partial charge in [0.2, 0.25) is 11.7 Å². The first-order chi connectivity index (χ1) is 21.7. The summed E-state index contributed by atoms with van der Waals surface area (Å²) in [4.78, 5) is 27.8. The van der Waals surface area contributed by atoms with Gasteiger partial charge >= 0.3 is 11.4 Å². The van der Waals surface area contributed by atoms with Crippen LogP contribution in [0.5, 0.6) is 11.5 Å². The number of rotatable bonds is 8. The first-order valence-electron chi connectivity index (χ1n) is 14.9. The number of carbonyl (C=O) groups is 2. The highest BCUT2D eigenvalue weighted by atomic mass is 35.5. The molecule has 0 unspecified atom stereocenters. The first kappa shape index (κ1) is 33.9. The molecule has 2 aromatic carbocycles. The fraction of sp³-hybridized carbons (Fsp3) is 0.500. The number of likely N-dealkylation sites (tertiary alicyclic amines) is 1. The maximum absolute atomic E-state index is 14.7. The topological polar surface area (TPSA) is 105 Å². The molecule has 2 atom stereocenters. The third-order valence-electron chi connectivity index (χ3n) is 7.96. The van der Waals surface area contributed by atoms with Gasteiger partial charge in [0.1, 0.15) is 17.8 Å². The molecule has 248 valence electrons. The Morgan fingerprint density at radius 2 is 1.74 bits per heavy atom. The van der Waals surface area contributed by atoms with E-state index in [1.807, 2.05) is 20.8 Å². The zero-order valence-electron chi connectivity index (χ0n) is 26.2. The number of halogens is 4. The van der Waals surface area contributed by atoms with Gasteiger partial charge in [0.25, 0.3) is 0 Å². The van der Waals surface area contributed by atoms with E-state index in [9.17, 15) is 18.4 Å². The number of ether oxygens (including phenoxy) is 4. The summed E-state index contributed by atoms with van der Waals surface area (Å²) in [5, 5.41) is 4.24. The second-order valence-corrected chi connectivity index (χ2v) is 13.2. The van der Waals surface area contributed by atoms with Gasteiger partial charge < -0.3 is 23.8 Å². The van der Waals surface area contributed by atoms with E-state index < -0.39 is 29.0 Å². The number of hydrogen-bond acceptors (Lipinski definition) is 8. The van der Waals surface area contributed by atoms with Crippen LogP contribution in [0.2, 0.25) is 5.02 Å². The lowest BCUT2D eigenvalue weighted by molar-refractivity contribution is -0.156. The lowest BCUT2D eigenvalue weighted by Crippen LogP contribution is -2.40. The van der Waals surface area contributed by atoms with Crippen LogP contribution in [-0.4, -0.2) is 64.5 Å². The molecule has 3 aromatic rings. The van der Waals surface area contributed by atoms with E-state index in [1.165, 1.54) is 14.2 Å². The summed E-state index contributed by atoms with van der Waals surface area (Å²) in [5.74, 6) is -0.520. The molecule has 14 heteroatoms. The summed E-state index contributed by atoms with van der Waals surface area (Å²) >= 11 is 11.9. The Balaban J connectivity index is 1.48. The summed E-state index contributed by atoms with van der Waals surface area (Å²) < 4.78 is 53.9. The molecule has 1 fully saturated rings. The molecule has 0 aliphatic carbocycles. The van der Waals surface area contributed by atoms with Gasteiger partial charge in [0, 0.05) is 35.7 Å². The van der Waals surface area contributed by atoms with Crippen molar-refractivity contribution in [3.05, 3.63) is 64.2 Å². The number of alkyl halides is 3. The minimum absolute atomic E-state index is 0.0172. The molecule has 0 bridgehead atoms. The lowest BCUT2D eigenvalue weighted by atomic mass is 9.93. The van der Waals surface area contributed by atoms with Crippen LogP contribution in [0.25, 0.3) is 5.69 Å². The zero-order valence-corrected chi connectivity index (χ0v) is 27.7. The molecule has 5 rings (SSSR count). The molecule has 2 aliphatic rings. The van der Waals surface area contributed by atoms with Crippen molar-refractivity contribution in [3.8, 4) is 17.2 Å². The van der Waals surface area contributed by atoms with Crippen molar-refractivity contribution >= 4 is 35.1 Å².